The molecule has 3 rings (SSSR count). The topological polar surface area (TPSA) is 75.5 Å². The van der Waals surface area contributed by atoms with Crippen LogP contribution in [0.15, 0.2) is 58.1 Å². The molecule has 2 N–H and O–H groups in total. The van der Waals surface area contributed by atoms with Gasteiger partial charge in [-0.05, 0) is 75.2 Å². The molecule has 30 heavy (non-hydrogen) atoms. The molecule has 0 bridgehead atoms. The first-order valence-electron chi connectivity index (χ1n) is 9.43. The quantitative estimate of drug-likeness (QED) is 0.335. The zero-order chi connectivity index (χ0) is 21.8. The zero-order valence-electron chi connectivity index (χ0n) is 17.3. The largest absolute Gasteiger partial charge is 0.329 e. The minimum absolute atomic E-state index is 0.527. The van der Waals surface area contributed by atoms with Crippen LogP contribution in [0.25, 0.3) is 5.69 Å². The van der Waals surface area contributed by atoms with Crippen LogP contribution in [0, 0.1) is 27.7 Å². The average Bonchev–Trinajstić information content (AvgIpc) is 2.98. The van der Waals surface area contributed by atoms with Gasteiger partial charge < -0.3 is 9.88 Å². The van der Waals surface area contributed by atoms with Gasteiger partial charge in [0, 0.05) is 32.8 Å². The van der Waals surface area contributed by atoms with Gasteiger partial charge in [0.15, 0.2) is 0 Å². The van der Waals surface area contributed by atoms with Crippen molar-refractivity contribution in [1.82, 2.24) is 9.99 Å². The summed E-state index contributed by atoms with van der Waals surface area (Å²) in [7, 11) is 0. The summed E-state index contributed by atoms with van der Waals surface area (Å²) in [6.07, 6.45) is 1.55. The van der Waals surface area contributed by atoms with E-state index in [-0.39, 0.29) is 0 Å². The molecular formula is C23H23BrN4O2. The molecule has 2 amide bonds. The second kappa shape index (κ2) is 9.09. The molecule has 0 aliphatic heterocycles. The molecule has 154 valence electrons. The summed E-state index contributed by atoms with van der Waals surface area (Å²) in [6, 6.07) is 15.3. The highest BCUT2D eigenvalue weighted by molar-refractivity contribution is 9.10. The van der Waals surface area contributed by atoms with Crippen molar-refractivity contribution in [1.29, 1.82) is 0 Å². The van der Waals surface area contributed by atoms with Gasteiger partial charge >= 0.3 is 11.8 Å². The fourth-order valence-electron chi connectivity index (χ4n) is 3.18. The summed E-state index contributed by atoms with van der Waals surface area (Å²) in [4.78, 5) is 24.0. The number of hydrazone groups is 1. The highest BCUT2D eigenvalue weighted by atomic mass is 79.9. The maximum absolute atomic E-state index is 12.0. The van der Waals surface area contributed by atoms with Crippen molar-refractivity contribution in [2.24, 2.45) is 5.10 Å². The van der Waals surface area contributed by atoms with Gasteiger partial charge in [0.2, 0.25) is 0 Å². The van der Waals surface area contributed by atoms with E-state index >= 15 is 0 Å². The summed E-state index contributed by atoms with van der Waals surface area (Å²) in [6.45, 7) is 8.16. The third kappa shape index (κ3) is 4.86. The van der Waals surface area contributed by atoms with Crippen LogP contribution in [0.4, 0.5) is 5.69 Å². The molecule has 0 atom stereocenters. The van der Waals surface area contributed by atoms with Gasteiger partial charge in [-0.3, -0.25) is 9.59 Å². The molecule has 0 fully saturated rings. The molecule has 0 aliphatic carbocycles. The van der Waals surface area contributed by atoms with Crippen molar-refractivity contribution >= 4 is 39.6 Å². The lowest BCUT2D eigenvalue weighted by Crippen LogP contribution is -2.32. The lowest BCUT2D eigenvalue weighted by Gasteiger charge is -2.13. The molecular weight excluding hydrogens is 444 g/mol. The number of carbonyl (C=O) groups excluding carboxylic acids is 2. The van der Waals surface area contributed by atoms with E-state index in [1.807, 2.05) is 19.9 Å². The van der Waals surface area contributed by atoms with E-state index in [2.05, 4.69) is 68.4 Å². The van der Waals surface area contributed by atoms with Crippen LogP contribution in [0.5, 0.6) is 0 Å². The number of anilines is 1. The number of amides is 2. The summed E-state index contributed by atoms with van der Waals surface area (Å²) in [5.74, 6) is -1.62. The Kier molecular flexibility index (Phi) is 6.52. The lowest BCUT2D eigenvalue weighted by molar-refractivity contribution is -0.136. The second-order valence-electron chi connectivity index (χ2n) is 7.11. The van der Waals surface area contributed by atoms with E-state index < -0.39 is 11.8 Å². The molecule has 7 heteroatoms. The van der Waals surface area contributed by atoms with Gasteiger partial charge in [-0.2, -0.15) is 5.10 Å². The number of hydrogen-bond donors (Lipinski definition) is 2. The van der Waals surface area contributed by atoms with Crippen molar-refractivity contribution in [2.45, 2.75) is 27.7 Å². The van der Waals surface area contributed by atoms with Crippen LogP contribution in [-0.2, 0) is 9.59 Å². The number of nitrogens with zero attached hydrogens (tertiary/aromatic N) is 2. The Morgan fingerprint density at radius 2 is 1.67 bits per heavy atom. The second-order valence-corrected chi connectivity index (χ2v) is 8.03. The fourth-order valence-corrected chi connectivity index (χ4v) is 3.45. The van der Waals surface area contributed by atoms with E-state index in [1.54, 1.807) is 30.5 Å². The molecule has 2 aromatic carbocycles. The minimum Gasteiger partial charge on any atom is -0.318 e. The summed E-state index contributed by atoms with van der Waals surface area (Å²) >= 11 is 3.32. The number of rotatable bonds is 4. The third-order valence-corrected chi connectivity index (χ3v) is 5.28. The molecule has 1 aromatic heterocycles. The first-order chi connectivity index (χ1) is 14.3. The normalized spacial score (nSPS) is 11.0. The summed E-state index contributed by atoms with van der Waals surface area (Å²) in [5.41, 5.74) is 9.19. The van der Waals surface area contributed by atoms with Gasteiger partial charge in [0.05, 0.1) is 6.21 Å². The van der Waals surface area contributed by atoms with Gasteiger partial charge in [0.25, 0.3) is 0 Å². The van der Waals surface area contributed by atoms with Crippen LogP contribution in [0.1, 0.15) is 28.1 Å². The maximum Gasteiger partial charge on any atom is 0.329 e. The Morgan fingerprint density at radius 1 is 0.967 bits per heavy atom. The highest BCUT2D eigenvalue weighted by Gasteiger charge is 2.14. The number of carbonyl (C=O) groups is 2. The summed E-state index contributed by atoms with van der Waals surface area (Å²) in [5, 5.41) is 6.49. The van der Waals surface area contributed by atoms with Crippen LogP contribution >= 0.6 is 15.9 Å². The standard InChI is InChI=1S/C23H23BrN4O2/c1-14-5-6-15(2)21(11-14)28-16(3)12-18(17(28)4)13-25-27-23(30)22(29)26-20-9-7-19(24)8-10-20/h5-13H,1-4H3,(H,26,29)(H,27,30). The highest BCUT2D eigenvalue weighted by Crippen LogP contribution is 2.23. The van der Waals surface area contributed by atoms with E-state index in [4.69, 9.17) is 0 Å². The molecule has 0 spiro atoms. The number of nitrogens with one attached hydrogen (secondary N) is 2. The molecule has 0 unspecified atom stereocenters. The predicted molar refractivity (Wildman–Crippen MR) is 123 cm³/mol. The number of halogens is 1. The predicted octanol–water partition coefficient (Wildman–Crippen LogP) is 4.56. The molecule has 0 saturated heterocycles. The van der Waals surface area contributed by atoms with Gasteiger partial charge in [-0.15, -0.1) is 0 Å². The SMILES string of the molecule is Cc1ccc(C)c(-n2c(C)cc(C=NNC(=O)C(=O)Nc3ccc(Br)cc3)c2C)c1. The van der Waals surface area contributed by atoms with Crippen LogP contribution < -0.4 is 10.7 Å². The Bertz CT molecular complexity index is 1130. The molecule has 0 saturated carbocycles. The fraction of sp³-hybridized carbons (Fsp3) is 0.174. The Hall–Kier alpha value is -3.19. The number of aromatic nitrogens is 1. The number of hydrogen-bond acceptors (Lipinski definition) is 3. The van der Waals surface area contributed by atoms with Gasteiger partial charge in [-0.1, -0.05) is 28.1 Å². The average molecular weight is 467 g/mol. The van der Waals surface area contributed by atoms with Crippen molar-refractivity contribution in [3.05, 3.63) is 81.1 Å². The molecule has 6 nitrogen and oxygen atoms in total. The van der Waals surface area contributed by atoms with Crippen LogP contribution in [0.3, 0.4) is 0 Å². The Balaban J connectivity index is 1.70. The minimum atomic E-state index is -0.836. The smallest absolute Gasteiger partial charge is 0.318 e. The first kappa shape index (κ1) is 21.5. The molecule has 1 heterocycles. The Labute approximate surface area is 184 Å². The first-order valence-corrected chi connectivity index (χ1v) is 10.2. The summed E-state index contributed by atoms with van der Waals surface area (Å²) < 4.78 is 3.04. The molecule has 3 aromatic rings. The van der Waals surface area contributed by atoms with Crippen LogP contribution in [-0.4, -0.2) is 22.6 Å². The number of benzene rings is 2. The third-order valence-electron chi connectivity index (χ3n) is 4.75. The molecule has 0 aliphatic rings. The Morgan fingerprint density at radius 3 is 2.37 bits per heavy atom. The van der Waals surface area contributed by atoms with Crippen LogP contribution in [0.2, 0.25) is 0 Å². The van der Waals surface area contributed by atoms with E-state index in [0.717, 1.165) is 27.1 Å². The van der Waals surface area contributed by atoms with E-state index in [0.29, 0.717) is 5.69 Å². The van der Waals surface area contributed by atoms with Crippen molar-refractivity contribution in [3.8, 4) is 5.69 Å². The lowest BCUT2D eigenvalue weighted by atomic mass is 10.1. The maximum atomic E-state index is 12.0. The molecule has 0 radical (unpaired) electrons. The van der Waals surface area contributed by atoms with E-state index in [1.165, 1.54) is 11.1 Å². The van der Waals surface area contributed by atoms with E-state index in [9.17, 15) is 9.59 Å². The van der Waals surface area contributed by atoms with Gasteiger partial charge in [-0.25, -0.2) is 5.43 Å². The van der Waals surface area contributed by atoms with Gasteiger partial charge in [0.1, 0.15) is 0 Å². The number of aryl methyl sites for hydroxylation is 3. The van der Waals surface area contributed by atoms with Crippen molar-refractivity contribution in [2.75, 3.05) is 5.32 Å². The van der Waals surface area contributed by atoms with Crippen molar-refractivity contribution < 1.29 is 9.59 Å². The zero-order valence-corrected chi connectivity index (χ0v) is 18.9. The van der Waals surface area contributed by atoms with Crippen molar-refractivity contribution in [3.63, 3.8) is 0 Å². The monoisotopic (exact) mass is 466 g/mol.